The summed E-state index contributed by atoms with van der Waals surface area (Å²) in [5.41, 5.74) is 0.890. The fourth-order valence-electron chi connectivity index (χ4n) is 1.73. The summed E-state index contributed by atoms with van der Waals surface area (Å²) in [7, 11) is 0. The van der Waals surface area contributed by atoms with Gasteiger partial charge < -0.3 is 14.8 Å². The van der Waals surface area contributed by atoms with Gasteiger partial charge in [-0.15, -0.1) is 0 Å². The van der Waals surface area contributed by atoms with E-state index in [1.807, 2.05) is 58.0 Å². The number of alkyl carbamates (subject to hydrolysis) is 1. The number of rotatable bonds is 7. The maximum atomic E-state index is 12.0. The van der Waals surface area contributed by atoms with Gasteiger partial charge in [0.25, 0.3) is 0 Å². The zero-order valence-corrected chi connectivity index (χ0v) is 13.7. The van der Waals surface area contributed by atoms with Gasteiger partial charge in [0.2, 0.25) is 0 Å². The fourth-order valence-corrected chi connectivity index (χ4v) is 1.73. The van der Waals surface area contributed by atoms with Crippen LogP contribution < -0.4 is 5.32 Å². The van der Waals surface area contributed by atoms with Gasteiger partial charge in [-0.2, -0.15) is 0 Å². The second-order valence-electron chi connectivity index (χ2n) is 5.95. The molecule has 1 amide bonds. The molecule has 0 bridgehead atoms. The lowest BCUT2D eigenvalue weighted by Crippen LogP contribution is -2.45. The molecule has 1 rings (SSSR count). The van der Waals surface area contributed by atoms with E-state index in [1.54, 1.807) is 0 Å². The number of carbonyl (C=O) groups is 2. The van der Waals surface area contributed by atoms with Gasteiger partial charge in [-0.25, -0.2) is 9.59 Å². The molecule has 1 aromatic rings. The Balaban J connectivity index is 2.48. The highest BCUT2D eigenvalue weighted by molar-refractivity contribution is 5.81. The molecule has 1 N–H and O–H groups in total. The highest BCUT2D eigenvalue weighted by Gasteiger charge is 2.26. The molecule has 1 atom stereocenters. The fraction of sp³-hybridized carbons (Fsp3) is 0.529. The second kappa shape index (κ2) is 9.07. The lowest BCUT2D eigenvalue weighted by molar-refractivity contribution is -0.148. The van der Waals surface area contributed by atoms with Crippen molar-refractivity contribution in [2.75, 3.05) is 6.61 Å². The SMILES string of the molecule is CC(C)COC(=O)[C@@H](NC(=O)OCc1ccccc1)C(C)C. The number of hydrogen-bond acceptors (Lipinski definition) is 4. The highest BCUT2D eigenvalue weighted by atomic mass is 16.6. The average molecular weight is 307 g/mol. The van der Waals surface area contributed by atoms with Crippen molar-refractivity contribution in [2.24, 2.45) is 11.8 Å². The van der Waals surface area contributed by atoms with Crippen LogP contribution >= 0.6 is 0 Å². The first-order valence-corrected chi connectivity index (χ1v) is 7.54. The molecule has 0 saturated heterocycles. The number of benzene rings is 1. The van der Waals surface area contributed by atoms with E-state index in [9.17, 15) is 9.59 Å². The Kier molecular flexibility index (Phi) is 7.43. The summed E-state index contributed by atoms with van der Waals surface area (Å²) in [6.07, 6.45) is -0.621. The van der Waals surface area contributed by atoms with Crippen LogP contribution in [0.3, 0.4) is 0 Å². The molecular formula is C17H25NO4. The van der Waals surface area contributed by atoms with Gasteiger partial charge in [0.1, 0.15) is 12.6 Å². The van der Waals surface area contributed by atoms with Crippen LogP contribution in [0.15, 0.2) is 30.3 Å². The van der Waals surface area contributed by atoms with Crippen molar-refractivity contribution < 1.29 is 19.1 Å². The number of ether oxygens (including phenoxy) is 2. The van der Waals surface area contributed by atoms with Crippen molar-refractivity contribution >= 4 is 12.1 Å². The maximum absolute atomic E-state index is 12.0. The van der Waals surface area contributed by atoms with Crippen molar-refractivity contribution in [2.45, 2.75) is 40.3 Å². The van der Waals surface area contributed by atoms with Gasteiger partial charge in [0, 0.05) is 0 Å². The quantitative estimate of drug-likeness (QED) is 0.786. The molecule has 0 fully saturated rings. The molecule has 0 unspecified atom stereocenters. The minimum atomic E-state index is -0.706. The summed E-state index contributed by atoms with van der Waals surface area (Å²) < 4.78 is 10.3. The molecule has 0 radical (unpaired) electrons. The molecule has 22 heavy (non-hydrogen) atoms. The molecule has 0 spiro atoms. The summed E-state index contributed by atoms with van der Waals surface area (Å²) in [5, 5.41) is 2.57. The number of amides is 1. The van der Waals surface area contributed by atoms with Crippen molar-refractivity contribution in [3.63, 3.8) is 0 Å². The molecule has 122 valence electrons. The first-order valence-electron chi connectivity index (χ1n) is 7.54. The summed E-state index contributed by atoms with van der Waals surface area (Å²) in [4.78, 5) is 23.8. The predicted molar refractivity (Wildman–Crippen MR) is 84.2 cm³/mol. The van der Waals surface area contributed by atoms with Gasteiger partial charge in [-0.05, 0) is 17.4 Å². The summed E-state index contributed by atoms with van der Waals surface area (Å²) in [6, 6.07) is 8.66. The van der Waals surface area contributed by atoms with Gasteiger partial charge >= 0.3 is 12.1 Å². The molecule has 0 aliphatic carbocycles. The number of nitrogens with one attached hydrogen (secondary N) is 1. The minimum absolute atomic E-state index is 0.0797. The van der Waals surface area contributed by atoms with E-state index in [1.165, 1.54) is 0 Å². The van der Waals surface area contributed by atoms with Crippen molar-refractivity contribution in [3.8, 4) is 0 Å². The minimum Gasteiger partial charge on any atom is -0.464 e. The summed E-state index contributed by atoms with van der Waals surface area (Å²) >= 11 is 0. The molecule has 5 nitrogen and oxygen atoms in total. The summed E-state index contributed by atoms with van der Waals surface area (Å²) in [5.74, 6) is -0.258. The molecule has 0 heterocycles. The monoisotopic (exact) mass is 307 g/mol. The van der Waals surface area contributed by atoms with Crippen LogP contribution in [0.5, 0.6) is 0 Å². The molecule has 5 heteroatoms. The smallest absolute Gasteiger partial charge is 0.408 e. The average Bonchev–Trinajstić information content (AvgIpc) is 2.49. The maximum Gasteiger partial charge on any atom is 0.408 e. The molecule has 1 aromatic carbocycles. The van der Waals surface area contributed by atoms with E-state index >= 15 is 0 Å². The van der Waals surface area contributed by atoms with E-state index < -0.39 is 18.1 Å². The van der Waals surface area contributed by atoms with E-state index in [4.69, 9.17) is 9.47 Å². The zero-order chi connectivity index (χ0) is 16.5. The first kappa shape index (κ1) is 18.0. The molecule has 0 saturated carbocycles. The van der Waals surface area contributed by atoms with Crippen molar-refractivity contribution in [1.82, 2.24) is 5.32 Å². The summed E-state index contributed by atoms with van der Waals surface area (Å²) in [6.45, 7) is 8.11. The van der Waals surface area contributed by atoms with Crippen LogP contribution in [0.25, 0.3) is 0 Å². The highest BCUT2D eigenvalue weighted by Crippen LogP contribution is 2.07. The molecule has 0 aromatic heterocycles. The Morgan fingerprint density at radius 1 is 1.05 bits per heavy atom. The van der Waals surface area contributed by atoms with Gasteiger partial charge in [0.15, 0.2) is 0 Å². The molecule has 0 aliphatic heterocycles. The Bertz CT molecular complexity index is 471. The van der Waals surface area contributed by atoms with E-state index in [0.29, 0.717) is 6.61 Å². The largest absolute Gasteiger partial charge is 0.464 e. The van der Waals surface area contributed by atoms with Gasteiger partial charge in [0.05, 0.1) is 6.61 Å². The van der Waals surface area contributed by atoms with Crippen molar-refractivity contribution in [1.29, 1.82) is 0 Å². The predicted octanol–water partition coefficient (Wildman–Crippen LogP) is 3.14. The Hall–Kier alpha value is -2.04. The molecular weight excluding hydrogens is 282 g/mol. The second-order valence-corrected chi connectivity index (χ2v) is 5.95. The third kappa shape index (κ3) is 6.61. The van der Waals surface area contributed by atoms with E-state index in [0.717, 1.165) is 5.56 Å². The molecule has 0 aliphatic rings. The third-order valence-corrected chi connectivity index (χ3v) is 2.97. The van der Waals surface area contributed by atoms with Crippen LogP contribution in [0.4, 0.5) is 4.79 Å². The van der Waals surface area contributed by atoms with Crippen LogP contribution in [0, 0.1) is 11.8 Å². The van der Waals surface area contributed by atoms with Crippen molar-refractivity contribution in [3.05, 3.63) is 35.9 Å². The van der Waals surface area contributed by atoms with E-state index in [-0.39, 0.29) is 18.4 Å². The van der Waals surface area contributed by atoms with Gasteiger partial charge in [-0.3, -0.25) is 0 Å². The van der Waals surface area contributed by atoms with Crippen LogP contribution in [0.1, 0.15) is 33.3 Å². The van der Waals surface area contributed by atoms with Crippen LogP contribution in [0.2, 0.25) is 0 Å². The number of esters is 1. The number of carbonyl (C=O) groups excluding carboxylic acids is 2. The first-order chi connectivity index (χ1) is 10.4. The Morgan fingerprint density at radius 3 is 2.23 bits per heavy atom. The number of hydrogen-bond donors (Lipinski definition) is 1. The van der Waals surface area contributed by atoms with Gasteiger partial charge in [-0.1, -0.05) is 58.0 Å². The van der Waals surface area contributed by atoms with E-state index in [2.05, 4.69) is 5.32 Å². The zero-order valence-electron chi connectivity index (χ0n) is 13.7. The topological polar surface area (TPSA) is 64.6 Å². The van der Waals surface area contributed by atoms with Crippen LogP contribution in [-0.4, -0.2) is 24.7 Å². The normalized spacial score (nSPS) is 12.1. The lowest BCUT2D eigenvalue weighted by atomic mass is 10.1. The Morgan fingerprint density at radius 2 is 1.68 bits per heavy atom. The Labute approximate surface area is 132 Å². The van der Waals surface area contributed by atoms with Crippen LogP contribution in [-0.2, 0) is 20.9 Å². The standard InChI is InChI=1S/C17H25NO4/c1-12(2)10-21-16(19)15(13(3)4)18-17(20)22-11-14-8-6-5-7-9-14/h5-9,12-13,15H,10-11H2,1-4H3,(H,18,20)/t15-/m0/s1. The lowest BCUT2D eigenvalue weighted by Gasteiger charge is -2.21. The third-order valence-electron chi connectivity index (χ3n) is 2.97.